The molecule has 8 rings (SSSR count). The van der Waals surface area contributed by atoms with Crippen LogP contribution in [0.25, 0.3) is 5.57 Å². The molecular formula is C45H67N3O4S. The maximum Gasteiger partial charge on any atom is 0.335 e. The Morgan fingerprint density at radius 2 is 1.62 bits per heavy atom. The zero-order valence-electron chi connectivity index (χ0n) is 33.8. The van der Waals surface area contributed by atoms with Crippen LogP contribution in [0.5, 0.6) is 0 Å². The van der Waals surface area contributed by atoms with Gasteiger partial charge in [0.15, 0.2) is 0 Å². The quantitative estimate of drug-likeness (QED) is 0.260. The van der Waals surface area contributed by atoms with Crippen molar-refractivity contribution < 1.29 is 18.3 Å². The molecule has 7 aliphatic rings. The molecule has 5 aliphatic carbocycles. The Morgan fingerprint density at radius 3 is 2.28 bits per heavy atom. The second kappa shape index (κ2) is 12.5. The van der Waals surface area contributed by atoms with Crippen LogP contribution in [0.4, 0.5) is 0 Å². The molecule has 0 aromatic heterocycles. The number of likely N-dealkylation sites (tertiary alicyclic amines) is 1. The smallest absolute Gasteiger partial charge is 0.335 e. The molecule has 2 heterocycles. The minimum absolute atomic E-state index is 0.0136. The summed E-state index contributed by atoms with van der Waals surface area (Å²) in [5.41, 5.74) is 5.48. The number of fused-ring (bicyclic) bond motifs is 7. The van der Waals surface area contributed by atoms with E-state index in [9.17, 15) is 18.3 Å². The van der Waals surface area contributed by atoms with E-state index in [2.05, 4.69) is 64.4 Å². The van der Waals surface area contributed by atoms with Gasteiger partial charge in [0.1, 0.15) is 0 Å². The molecule has 2 N–H and O–H groups in total. The van der Waals surface area contributed by atoms with Crippen LogP contribution >= 0.6 is 0 Å². The first-order valence-electron chi connectivity index (χ1n) is 20.9. The summed E-state index contributed by atoms with van der Waals surface area (Å²) < 4.78 is 25.8. The summed E-state index contributed by atoms with van der Waals surface area (Å²) in [6, 6.07) is 7.61. The number of hydrogen-bond acceptors (Lipinski definition) is 5. The van der Waals surface area contributed by atoms with Crippen LogP contribution in [-0.4, -0.2) is 79.8 Å². The Bertz CT molecular complexity index is 1800. The third-order valence-electron chi connectivity index (χ3n) is 18.0. The third-order valence-corrected chi connectivity index (χ3v) is 19.2. The number of sulfonamides is 1. The summed E-state index contributed by atoms with van der Waals surface area (Å²) in [5.74, 6) is 2.30. The number of nitrogens with one attached hydrogen (secondary N) is 1. The lowest BCUT2D eigenvalue weighted by atomic mass is 9.33. The molecule has 2 saturated heterocycles. The van der Waals surface area contributed by atoms with Crippen LogP contribution in [0.3, 0.4) is 0 Å². The van der Waals surface area contributed by atoms with Crippen LogP contribution in [0.1, 0.15) is 122 Å². The Labute approximate surface area is 320 Å². The maximum atomic E-state index is 12.1. The number of aromatic carboxylic acids is 1. The molecule has 0 amide bonds. The summed E-state index contributed by atoms with van der Waals surface area (Å²) in [4.78, 5) is 14.2. The van der Waals surface area contributed by atoms with Crippen molar-refractivity contribution in [1.29, 1.82) is 0 Å². The first-order chi connectivity index (χ1) is 24.8. The lowest BCUT2D eigenvalue weighted by Crippen LogP contribution is -2.68. The van der Waals surface area contributed by atoms with Gasteiger partial charge < -0.3 is 15.3 Å². The molecule has 8 heteroatoms. The van der Waals surface area contributed by atoms with E-state index < -0.39 is 16.0 Å². The summed E-state index contributed by atoms with van der Waals surface area (Å²) in [6.45, 7) is 25.5. The van der Waals surface area contributed by atoms with E-state index in [0.29, 0.717) is 48.2 Å². The zero-order valence-corrected chi connectivity index (χ0v) is 34.6. The normalized spacial score (nSPS) is 41.8. The lowest BCUT2D eigenvalue weighted by Gasteiger charge is -2.72. The molecule has 1 spiro atoms. The van der Waals surface area contributed by atoms with Crippen molar-refractivity contribution in [3.63, 3.8) is 0 Å². The van der Waals surface area contributed by atoms with Gasteiger partial charge in [-0.25, -0.2) is 17.5 Å². The van der Waals surface area contributed by atoms with Crippen molar-refractivity contribution in [2.24, 2.45) is 56.7 Å². The molecule has 9 atom stereocenters. The number of allylic oxidation sites excluding steroid dienone is 3. The van der Waals surface area contributed by atoms with Crippen LogP contribution < -0.4 is 5.32 Å². The molecule has 0 radical (unpaired) electrons. The van der Waals surface area contributed by atoms with E-state index in [1.807, 2.05) is 12.1 Å². The molecule has 1 aromatic rings. The van der Waals surface area contributed by atoms with Crippen molar-refractivity contribution in [3.05, 3.63) is 53.6 Å². The summed E-state index contributed by atoms with van der Waals surface area (Å²) in [7, 11) is -3.08. The van der Waals surface area contributed by atoms with Gasteiger partial charge in [0, 0.05) is 43.7 Å². The molecule has 9 unspecified atom stereocenters. The zero-order chi connectivity index (χ0) is 38.0. The fraction of sp³-hybridized carbons (Fsp3) is 0.756. The highest BCUT2D eigenvalue weighted by Gasteiger charge is 2.70. The molecule has 7 nitrogen and oxygen atoms in total. The van der Waals surface area contributed by atoms with Gasteiger partial charge in [0.05, 0.1) is 11.8 Å². The van der Waals surface area contributed by atoms with Gasteiger partial charge in [-0.15, -0.1) is 0 Å². The summed E-state index contributed by atoms with van der Waals surface area (Å²) in [6.07, 6.45) is 16.3. The molecule has 53 heavy (non-hydrogen) atoms. The standard InChI is InChI=1S/C45H67N3O4S/c1-30(2)33-15-20-45(46-24-26-47-25-23-44(27-47)28-48(29-44)53(8,51)52)22-21-42(6)35(38(33)45)13-14-37-41(5)18-16-34(31-9-11-32(12-10-31)39(49)50)40(3,4)36(41)17-19-43(37,42)7/h9-12,16,33,35-38,46H,1,13-15,17-29H2,2-8H3,(H,49,50). The summed E-state index contributed by atoms with van der Waals surface area (Å²) in [5, 5.41) is 13.8. The van der Waals surface area contributed by atoms with Crippen molar-refractivity contribution in [2.75, 3.05) is 45.5 Å². The van der Waals surface area contributed by atoms with Gasteiger partial charge in [0.2, 0.25) is 10.0 Å². The number of benzene rings is 1. The predicted molar refractivity (Wildman–Crippen MR) is 214 cm³/mol. The highest BCUT2D eigenvalue weighted by atomic mass is 32.2. The van der Waals surface area contributed by atoms with E-state index >= 15 is 0 Å². The average molecular weight is 746 g/mol. The fourth-order valence-corrected chi connectivity index (χ4v) is 16.2. The third kappa shape index (κ3) is 5.63. The number of carboxylic acids is 1. The van der Waals surface area contributed by atoms with Gasteiger partial charge in [-0.2, -0.15) is 0 Å². The van der Waals surface area contributed by atoms with Crippen molar-refractivity contribution in [3.8, 4) is 0 Å². The van der Waals surface area contributed by atoms with Crippen LogP contribution in [0, 0.1) is 56.7 Å². The van der Waals surface area contributed by atoms with Crippen molar-refractivity contribution in [2.45, 2.75) is 111 Å². The SMILES string of the molecule is C=C(C)C1CCC2(NCCN3CCC4(C3)CN(S(C)(=O)=O)C4)CCC3(C)C(CCC4C5(C)CC=C(c6ccc(C(=O)O)cc6)C(C)(C)C5CCC43C)C12. The van der Waals surface area contributed by atoms with Gasteiger partial charge in [0.25, 0.3) is 0 Å². The number of carboxylic acid groups (broad SMARTS) is 1. The van der Waals surface area contributed by atoms with Gasteiger partial charge in [-0.05, 0) is 152 Å². The Hall–Kier alpha value is -2.00. The van der Waals surface area contributed by atoms with Crippen LogP contribution in [-0.2, 0) is 10.0 Å². The van der Waals surface area contributed by atoms with Gasteiger partial charge in [-0.3, -0.25) is 0 Å². The second-order valence-electron chi connectivity index (χ2n) is 20.8. The van der Waals surface area contributed by atoms with E-state index in [1.165, 1.54) is 74.3 Å². The minimum atomic E-state index is -3.08. The number of rotatable bonds is 8. The number of nitrogens with zero attached hydrogens (tertiary/aromatic N) is 2. The first kappa shape index (κ1) is 37.9. The highest BCUT2D eigenvalue weighted by molar-refractivity contribution is 7.88. The number of carbonyl (C=O) groups is 1. The summed E-state index contributed by atoms with van der Waals surface area (Å²) >= 11 is 0. The van der Waals surface area contributed by atoms with Gasteiger partial charge in [-0.1, -0.05) is 65.0 Å². The maximum absolute atomic E-state index is 12.1. The molecule has 292 valence electrons. The van der Waals surface area contributed by atoms with E-state index in [-0.39, 0.29) is 32.6 Å². The van der Waals surface area contributed by atoms with Crippen molar-refractivity contribution in [1.82, 2.24) is 14.5 Å². The molecule has 6 fully saturated rings. The Morgan fingerprint density at radius 1 is 0.906 bits per heavy atom. The van der Waals surface area contributed by atoms with Crippen LogP contribution in [0.2, 0.25) is 0 Å². The van der Waals surface area contributed by atoms with Crippen LogP contribution in [0.15, 0.2) is 42.5 Å². The van der Waals surface area contributed by atoms with E-state index in [4.69, 9.17) is 0 Å². The molecular weight excluding hydrogens is 679 g/mol. The Kier molecular flexibility index (Phi) is 8.94. The molecule has 2 aliphatic heterocycles. The van der Waals surface area contributed by atoms with Crippen molar-refractivity contribution >= 4 is 21.6 Å². The fourth-order valence-electron chi connectivity index (χ4n) is 15.2. The lowest BCUT2D eigenvalue weighted by molar-refractivity contribution is -0.219. The average Bonchev–Trinajstić information content (AvgIpc) is 3.67. The van der Waals surface area contributed by atoms with E-state index in [0.717, 1.165) is 39.0 Å². The highest BCUT2D eigenvalue weighted by Crippen LogP contribution is 2.76. The van der Waals surface area contributed by atoms with E-state index in [1.54, 1.807) is 16.4 Å². The Balaban J connectivity index is 1.01. The molecule has 0 bridgehead atoms. The molecule has 1 aromatic carbocycles. The topological polar surface area (TPSA) is 90.0 Å². The monoisotopic (exact) mass is 745 g/mol. The predicted octanol–water partition coefficient (Wildman–Crippen LogP) is 8.35. The largest absolute Gasteiger partial charge is 0.478 e. The second-order valence-corrected chi connectivity index (χ2v) is 22.7. The minimum Gasteiger partial charge on any atom is -0.478 e. The first-order valence-corrected chi connectivity index (χ1v) is 22.8. The molecule has 4 saturated carbocycles. The van der Waals surface area contributed by atoms with Gasteiger partial charge >= 0.3 is 5.97 Å². The number of hydrogen-bond donors (Lipinski definition) is 2.